The summed E-state index contributed by atoms with van der Waals surface area (Å²) in [6.07, 6.45) is 9.04. The molecule has 0 bridgehead atoms. The predicted molar refractivity (Wildman–Crippen MR) is 64.8 cm³/mol. The third kappa shape index (κ3) is 2.31. The fourth-order valence-corrected chi connectivity index (χ4v) is 2.05. The van der Waals surface area contributed by atoms with Crippen molar-refractivity contribution in [1.29, 1.82) is 0 Å². The lowest BCUT2D eigenvalue weighted by atomic mass is 9.91. The van der Waals surface area contributed by atoms with E-state index < -0.39 is 0 Å². The summed E-state index contributed by atoms with van der Waals surface area (Å²) < 4.78 is 0. The minimum Gasteiger partial charge on any atom is -0.370 e. The van der Waals surface area contributed by atoms with Crippen molar-refractivity contribution in [3.63, 3.8) is 0 Å². The Balaban J connectivity index is 2.35. The van der Waals surface area contributed by atoms with Crippen LogP contribution in [0.25, 0.3) is 0 Å². The van der Waals surface area contributed by atoms with Gasteiger partial charge in [0.15, 0.2) is 0 Å². The zero-order valence-electron chi connectivity index (χ0n) is 9.88. The van der Waals surface area contributed by atoms with Gasteiger partial charge < -0.3 is 5.32 Å². The highest BCUT2D eigenvalue weighted by molar-refractivity contribution is 5.70. The first-order chi connectivity index (χ1) is 7.08. The molecule has 2 heteroatoms. The monoisotopic (exact) mass is 204 g/mol. The molecule has 0 fully saturated rings. The van der Waals surface area contributed by atoms with E-state index in [1.165, 1.54) is 18.4 Å². The quantitative estimate of drug-likeness (QED) is 0.644. The molecule has 1 unspecified atom stereocenters. The van der Waals surface area contributed by atoms with Gasteiger partial charge in [-0.05, 0) is 24.3 Å². The van der Waals surface area contributed by atoms with Crippen LogP contribution in [-0.2, 0) is 0 Å². The second-order valence-corrected chi connectivity index (χ2v) is 5.19. The van der Waals surface area contributed by atoms with Crippen LogP contribution in [0.3, 0.4) is 0 Å². The number of hydrogen-bond acceptors (Lipinski definition) is 2. The molecule has 0 saturated carbocycles. The van der Waals surface area contributed by atoms with Crippen molar-refractivity contribution in [1.82, 2.24) is 5.32 Å². The lowest BCUT2D eigenvalue weighted by Gasteiger charge is -2.12. The maximum atomic E-state index is 4.59. The Hall–Kier alpha value is -1.05. The van der Waals surface area contributed by atoms with Crippen molar-refractivity contribution < 1.29 is 0 Å². The SMILES string of the molecule is CC1CCCNC2=C1C=CC(C)(C)C=N2. The van der Waals surface area contributed by atoms with Crippen LogP contribution in [0.5, 0.6) is 0 Å². The summed E-state index contributed by atoms with van der Waals surface area (Å²) in [5, 5.41) is 3.42. The number of allylic oxidation sites excluding steroid dienone is 3. The summed E-state index contributed by atoms with van der Waals surface area (Å²) >= 11 is 0. The van der Waals surface area contributed by atoms with Gasteiger partial charge in [-0.15, -0.1) is 0 Å². The predicted octanol–water partition coefficient (Wildman–Crippen LogP) is 2.88. The molecule has 0 amide bonds. The van der Waals surface area contributed by atoms with Crippen LogP contribution in [0, 0.1) is 11.3 Å². The molecule has 15 heavy (non-hydrogen) atoms. The number of nitrogens with one attached hydrogen (secondary N) is 1. The molecule has 0 aromatic carbocycles. The molecule has 2 rings (SSSR count). The topological polar surface area (TPSA) is 24.4 Å². The summed E-state index contributed by atoms with van der Waals surface area (Å²) in [5.74, 6) is 1.71. The Labute approximate surface area is 92.2 Å². The normalized spacial score (nSPS) is 29.1. The lowest BCUT2D eigenvalue weighted by Crippen LogP contribution is -2.14. The van der Waals surface area contributed by atoms with E-state index in [-0.39, 0.29) is 5.41 Å². The maximum Gasteiger partial charge on any atom is 0.129 e. The molecule has 82 valence electrons. The zero-order valence-corrected chi connectivity index (χ0v) is 9.88. The van der Waals surface area contributed by atoms with Gasteiger partial charge in [0.05, 0.1) is 0 Å². The summed E-state index contributed by atoms with van der Waals surface area (Å²) in [4.78, 5) is 4.59. The Morgan fingerprint density at radius 3 is 3.07 bits per heavy atom. The summed E-state index contributed by atoms with van der Waals surface area (Å²) in [6.45, 7) is 7.71. The molecular weight excluding hydrogens is 184 g/mol. The number of nitrogens with zero attached hydrogens (tertiary/aromatic N) is 1. The first kappa shape index (κ1) is 10.5. The van der Waals surface area contributed by atoms with Crippen LogP contribution in [0.1, 0.15) is 33.6 Å². The van der Waals surface area contributed by atoms with Crippen molar-refractivity contribution in [2.75, 3.05) is 6.54 Å². The van der Waals surface area contributed by atoms with Gasteiger partial charge in [0.1, 0.15) is 5.82 Å². The molecule has 2 aliphatic rings. The largest absolute Gasteiger partial charge is 0.370 e. The molecule has 2 aliphatic heterocycles. The van der Waals surface area contributed by atoms with Crippen molar-refractivity contribution in [3.05, 3.63) is 23.5 Å². The number of aliphatic imine (C=N–C) groups is 1. The van der Waals surface area contributed by atoms with Gasteiger partial charge in [-0.1, -0.05) is 32.9 Å². The molecule has 0 spiro atoms. The summed E-state index contributed by atoms with van der Waals surface area (Å²) in [6, 6.07) is 0. The summed E-state index contributed by atoms with van der Waals surface area (Å²) in [7, 11) is 0. The first-order valence-electron chi connectivity index (χ1n) is 5.81. The van der Waals surface area contributed by atoms with Crippen LogP contribution in [0.15, 0.2) is 28.5 Å². The molecular formula is C13H20N2. The molecule has 2 heterocycles. The van der Waals surface area contributed by atoms with Gasteiger partial charge in [0, 0.05) is 18.2 Å². The van der Waals surface area contributed by atoms with E-state index >= 15 is 0 Å². The molecule has 0 aromatic heterocycles. The van der Waals surface area contributed by atoms with Crippen molar-refractivity contribution in [2.24, 2.45) is 16.3 Å². The average Bonchev–Trinajstić information content (AvgIpc) is 2.42. The molecule has 1 atom stereocenters. The molecule has 1 N–H and O–H groups in total. The third-order valence-electron chi connectivity index (χ3n) is 3.13. The minimum absolute atomic E-state index is 0.0770. The minimum atomic E-state index is 0.0770. The summed E-state index contributed by atoms with van der Waals surface area (Å²) in [5.41, 5.74) is 1.45. The molecule has 0 aliphatic carbocycles. The molecule has 2 nitrogen and oxygen atoms in total. The van der Waals surface area contributed by atoms with Gasteiger partial charge >= 0.3 is 0 Å². The van der Waals surface area contributed by atoms with Gasteiger partial charge in [0.2, 0.25) is 0 Å². The van der Waals surface area contributed by atoms with Crippen LogP contribution >= 0.6 is 0 Å². The molecule has 0 saturated heterocycles. The van der Waals surface area contributed by atoms with E-state index in [9.17, 15) is 0 Å². The highest BCUT2D eigenvalue weighted by atomic mass is 15.0. The van der Waals surface area contributed by atoms with Crippen LogP contribution in [0.4, 0.5) is 0 Å². The second kappa shape index (κ2) is 3.84. The number of rotatable bonds is 0. The smallest absolute Gasteiger partial charge is 0.129 e. The Morgan fingerprint density at radius 2 is 2.27 bits per heavy atom. The van der Waals surface area contributed by atoms with E-state index in [4.69, 9.17) is 0 Å². The van der Waals surface area contributed by atoms with Gasteiger partial charge in [0.25, 0.3) is 0 Å². The Morgan fingerprint density at radius 1 is 1.47 bits per heavy atom. The zero-order chi connectivity index (χ0) is 10.9. The Kier molecular flexibility index (Phi) is 2.68. The van der Waals surface area contributed by atoms with Crippen molar-refractivity contribution in [3.8, 4) is 0 Å². The fraction of sp³-hybridized carbons (Fsp3) is 0.615. The highest BCUT2D eigenvalue weighted by Gasteiger charge is 2.20. The lowest BCUT2D eigenvalue weighted by molar-refractivity contribution is 0.600. The standard InChI is InChI=1S/C13H20N2/c1-10-5-4-8-14-12-11(10)6-7-13(2,3)9-15-12/h6-7,9-10,14H,4-5,8H2,1-3H3. The van der Waals surface area contributed by atoms with Crippen molar-refractivity contribution in [2.45, 2.75) is 33.6 Å². The molecule has 0 aromatic rings. The average molecular weight is 204 g/mol. The van der Waals surface area contributed by atoms with Gasteiger partial charge in [-0.3, -0.25) is 0 Å². The van der Waals surface area contributed by atoms with Gasteiger partial charge in [-0.2, -0.15) is 0 Å². The van der Waals surface area contributed by atoms with E-state index in [0.29, 0.717) is 5.92 Å². The number of hydrogen-bond donors (Lipinski definition) is 1. The Bertz CT molecular complexity index is 334. The highest BCUT2D eigenvalue weighted by Crippen LogP contribution is 2.28. The van der Waals surface area contributed by atoms with Crippen LogP contribution < -0.4 is 5.32 Å². The second-order valence-electron chi connectivity index (χ2n) is 5.19. The van der Waals surface area contributed by atoms with Crippen molar-refractivity contribution >= 4 is 6.21 Å². The molecule has 0 radical (unpaired) electrons. The van der Waals surface area contributed by atoms with Crippen LogP contribution in [-0.4, -0.2) is 12.8 Å². The first-order valence-corrected chi connectivity index (χ1v) is 5.81. The van der Waals surface area contributed by atoms with E-state index in [1.807, 2.05) is 6.21 Å². The fourth-order valence-electron chi connectivity index (χ4n) is 2.05. The van der Waals surface area contributed by atoms with E-state index in [1.54, 1.807) is 0 Å². The van der Waals surface area contributed by atoms with Crippen LogP contribution in [0.2, 0.25) is 0 Å². The third-order valence-corrected chi connectivity index (χ3v) is 3.13. The van der Waals surface area contributed by atoms with Gasteiger partial charge in [-0.25, -0.2) is 4.99 Å². The van der Waals surface area contributed by atoms with E-state index in [0.717, 1.165) is 12.4 Å². The van der Waals surface area contributed by atoms with E-state index in [2.05, 4.69) is 43.2 Å². The maximum absolute atomic E-state index is 4.59.